The van der Waals surface area contributed by atoms with Crippen LogP contribution in [0.5, 0.6) is 5.75 Å². The molecule has 0 aliphatic carbocycles. The number of methoxy groups -OCH3 is 1. The van der Waals surface area contributed by atoms with Crippen LogP contribution in [0, 0.1) is 22.9 Å². The number of hydrogen-bond donors (Lipinski definition) is 3. The van der Waals surface area contributed by atoms with Gasteiger partial charge >= 0.3 is 5.97 Å². The van der Waals surface area contributed by atoms with Gasteiger partial charge in [0.15, 0.2) is 17.5 Å². The summed E-state index contributed by atoms with van der Waals surface area (Å²) < 4.78 is 45.5. The number of pyridine rings is 1. The summed E-state index contributed by atoms with van der Waals surface area (Å²) in [7, 11) is 1.55. The van der Waals surface area contributed by atoms with Crippen LogP contribution in [-0.2, 0) is 11.4 Å². The van der Waals surface area contributed by atoms with E-state index in [2.05, 4.69) is 9.88 Å². The smallest absolute Gasteiger partial charge is 0.303 e. The second-order valence-corrected chi connectivity index (χ2v) is 11.4. The molecular formula is C29H33F3N2O5S. The van der Waals surface area contributed by atoms with Gasteiger partial charge in [0.1, 0.15) is 5.75 Å². The Morgan fingerprint density at radius 2 is 1.88 bits per heavy atom. The van der Waals surface area contributed by atoms with Crippen LogP contribution in [0.3, 0.4) is 0 Å². The van der Waals surface area contributed by atoms with Crippen molar-refractivity contribution >= 4 is 28.6 Å². The number of thioether (sulfide) groups is 1. The van der Waals surface area contributed by atoms with E-state index in [4.69, 9.17) is 4.74 Å². The molecule has 4 rings (SSSR count). The van der Waals surface area contributed by atoms with E-state index in [9.17, 15) is 33.3 Å². The second-order valence-electron chi connectivity index (χ2n) is 10.3. The van der Waals surface area contributed by atoms with Crippen LogP contribution in [0.1, 0.15) is 49.3 Å². The maximum Gasteiger partial charge on any atom is 0.303 e. The van der Waals surface area contributed by atoms with E-state index in [0.717, 1.165) is 12.1 Å². The number of carbonyl (C=O) groups is 1. The number of aromatic nitrogens is 1. The summed E-state index contributed by atoms with van der Waals surface area (Å²) in [5.41, 5.74) is 1.23. The summed E-state index contributed by atoms with van der Waals surface area (Å²) in [5, 5.41) is 31.6. The quantitative estimate of drug-likeness (QED) is 0.196. The standard InChI is InChI=1S/C29H33F3N2O5S/c1-39-19-2-3-24-21(12-19)27(18(17-35)16-33-24)25(36)4-5-29(15-26(37)38)6-8-34(9-7-29)10-11-40-20-13-22(30)28(32)23(31)14-20/h2-3,12-14,16,25,35-36H,4-11,15,17H2,1H3,(H,37,38)/t25-/m0/s1. The first-order chi connectivity index (χ1) is 19.1. The van der Waals surface area contributed by atoms with Crippen LogP contribution in [0.2, 0.25) is 0 Å². The summed E-state index contributed by atoms with van der Waals surface area (Å²) in [6, 6.07) is 7.29. The molecule has 0 bridgehead atoms. The van der Waals surface area contributed by atoms with Crippen LogP contribution >= 0.6 is 11.8 Å². The molecule has 40 heavy (non-hydrogen) atoms. The fourth-order valence-corrected chi connectivity index (χ4v) is 6.42. The molecule has 1 saturated heterocycles. The highest BCUT2D eigenvalue weighted by Gasteiger charge is 2.37. The molecular weight excluding hydrogens is 545 g/mol. The minimum Gasteiger partial charge on any atom is -0.497 e. The Balaban J connectivity index is 1.40. The van der Waals surface area contributed by atoms with E-state index in [1.54, 1.807) is 31.5 Å². The number of likely N-dealkylation sites (tertiary alicyclic amines) is 1. The molecule has 0 saturated carbocycles. The average molecular weight is 579 g/mol. The van der Waals surface area contributed by atoms with Gasteiger partial charge in [-0.2, -0.15) is 0 Å². The zero-order valence-electron chi connectivity index (χ0n) is 22.2. The van der Waals surface area contributed by atoms with Gasteiger partial charge < -0.3 is 25.0 Å². The number of rotatable bonds is 12. The molecule has 0 unspecified atom stereocenters. The Hall–Kier alpha value is -2.86. The van der Waals surface area contributed by atoms with Gasteiger partial charge in [-0.3, -0.25) is 9.78 Å². The molecule has 1 fully saturated rings. The van der Waals surface area contributed by atoms with E-state index in [1.165, 1.54) is 11.8 Å². The van der Waals surface area contributed by atoms with Gasteiger partial charge in [0.2, 0.25) is 0 Å². The van der Waals surface area contributed by atoms with Crippen molar-refractivity contribution < 1.29 is 38.0 Å². The van der Waals surface area contributed by atoms with Gasteiger partial charge in [-0.25, -0.2) is 13.2 Å². The molecule has 2 aromatic carbocycles. The molecule has 1 aromatic heterocycles. The number of piperidine rings is 1. The van der Waals surface area contributed by atoms with Crippen molar-refractivity contribution in [1.82, 2.24) is 9.88 Å². The summed E-state index contributed by atoms with van der Waals surface area (Å²) in [6.45, 7) is 1.62. The maximum atomic E-state index is 13.5. The molecule has 3 aromatic rings. The molecule has 2 heterocycles. The lowest BCUT2D eigenvalue weighted by atomic mass is 9.71. The zero-order valence-corrected chi connectivity index (χ0v) is 23.0. The molecule has 0 amide bonds. The summed E-state index contributed by atoms with van der Waals surface area (Å²) in [5.74, 6) is -3.67. The first-order valence-electron chi connectivity index (χ1n) is 13.1. The zero-order chi connectivity index (χ0) is 28.9. The molecule has 0 radical (unpaired) electrons. The molecule has 11 heteroatoms. The van der Waals surface area contributed by atoms with Gasteiger partial charge in [-0.1, -0.05) is 0 Å². The van der Waals surface area contributed by atoms with E-state index in [-0.39, 0.29) is 13.0 Å². The molecule has 1 atom stereocenters. The van der Waals surface area contributed by atoms with E-state index >= 15 is 0 Å². The normalized spacial score (nSPS) is 16.2. The lowest BCUT2D eigenvalue weighted by molar-refractivity contribution is -0.141. The number of carboxylic acid groups (broad SMARTS) is 1. The third kappa shape index (κ3) is 7.06. The van der Waals surface area contributed by atoms with Crippen LogP contribution < -0.4 is 4.74 Å². The number of halogens is 3. The molecule has 3 N–H and O–H groups in total. The Bertz CT molecular complexity index is 1320. The molecule has 7 nitrogen and oxygen atoms in total. The highest BCUT2D eigenvalue weighted by Crippen LogP contribution is 2.42. The molecule has 216 valence electrons. The minimum atomic E-state index is -1.48. The number of ether oxygens (including phenoxy) is 1. The van der Waals surface area contributed by atoms with Gasteiger partial charge in [-0.05, 0) is 80.1 Å². The molecule has 0 spiro atoms. The minimum absolute atomic E-state index is 0.0196. The maximum absolute atomic E-state index is 13.5. The average Bonchev–Trinajstić information content (AvgIpc) is 2.94. The first-order valence-corrected chi connectivity index (χ1v) is 14.1. The highest BCUT2D eigenvalue weighted by molar-refractivity contribution is 7.99. The number of hydrogen-bond acceptors (Lipinski definition) is 7. The Kier molecular flexibility index (Phi) is 9.94. The largest absolute Gasteiger partial charge is 0.497 e. The SMILES string of the molecule is COc1ccc2ncc(CO)c([C@@H](O)CCC3(CC(=O)O)CCN(CCSc4cc(F)c(F)c(F)c4)CC3)c2c1. The molecule has 1 aliphatic heterocycles. The fraction of sp³-hybridized carbons (Fsp3) is 0.448. The van der Waals surface area contributed by atoms with Gasteiger partial charge in [0, 0.05) is 34.3 Å². The number of benzene rings is 2. The van der Waals surface area contributed by atoms with Crippen LogP contribution in [0.15, 0.2) is 41.4 Å². The first kappa shape index (κ1) is 30.1. The predicted octanol–water partition coefficient (Wildman–Crippen LogP) is 5.32. The monoisotopic (exact) mass is 578 g/mol. The van der Waals surface area contributed by atoms with Crippen LogP contribution in [0.4, 0.5) is 13.2 Å². The van der Waals surface area contributed by atoms with Crippen molar-refractivity contribution in [3.8, 4) is 5.75 Å². The Morgan fingerprint density at radius 3 is 2.50 bits per heavy atom. The number of carboxylic acids is 1. The van der Waals surface area contributed by atoms with E-state index in [1.807, 2.05) is 0 Å². The van der Waals surface area contributed by atoms with Crippen LogP contribution in [0.25, 0.3) is 10.9 Å². The number of aliphatic carboxylic acids is 1. The third-order valence-corrected chi connectivity index (χ3v) is 8.68. The van der Waals surface area contributed by atoms with Gasteiger partial charge in [0.05, 0.1) is 31.8 Å². The Morgan fingerprint density at radius 1 is 1.18 bits per heavy atom. The summed E-state index contributed by atoms with van der Waals surface area (Å²) >= 11 is 1.23. The van der Waals surface area contributed by atoms with Crippen molar-refractivity contribution in [2.75, 3.05) is 32.5 Å². The summed E-state index contributed by atoms with van der Waals surface area (Å²) in [4.78, 5) is 18.7. The van der Waals surface area contributed by atoms with E-state index in [0.29, 0.717) is 83.7 Å². The van der Waals surface area contributed by atoms with Crippen molar-refractivity contribution in [2.45, 2.75) is 49.7 Å². The number of aliphatic hydroxyl groups is 2. The summed E-state index contributed by atoms with van der Waals surface area (Å²) in [6.07, 6.45) is 2.63. The highest BCUT2D eigenvalue weighted by atomic mass is 32.2. The van der Waals surface area contributed by atoms with Gasteiger partial charge in [0.25, 0.3) is 0 Å². The van der Waals surface area contributed by atoms with Crippen molar-refractivity contribution in [1.29, 1.82) is 0 Å². The topological polar surface area (TPSA) is 103 Å². The number of fused-ring (bicyclic) bond motifs is 1. The van der Waals surface area contributed by atoms with Crippen LogP contribution in [-0.4, -0.2) is 63.7 Å². The van der Waals surface area contributed by atoms with Crippen molar-refractivity contribution in [2.24, 2.45) is 5.41 Å². The number of aliphatic hydroxyl groups excluding tert-OH is 2. The molecule has 1 aliphatic rings. The third-order valence-electron chi connectivity index (χ3n) is 7.73. The Labute approximate surface area is 235 Å². The van der Waals surface area contributed by atoms with Crippen molar-refractivity contribution in [3.63, 3.8) is 0 Å². The number of nitrogens with zero attached hydrogens (tertiary/aromatic N) is 2. The lowest BCUT2D eigenvalue weighted by Crippen LogP contribution is -2.42. The lowest BCUT2D eigenvalue weighted by Gasteiger charge is -2.41. The fourth-order valence-electron chi connectivity index (χ4n) is 5.46. The second kappa shape index (κ2) is 13.2. The van der Waals surface area contributed by atoms with Gasteiger partial charge in [-0.15, -0.1) is 11.8 Å². The van der Waals surface area contributed by atoms with E-state index < -0.39 is 34.9 Å². The predicted molar refractivity (Wildman–Crippen MR) is 146 cm³/mol. The van der Waals surface area contributed by atoms with Crippen molar-refractivity contribution in [3.05, 3.63) is 65.1 Å².